The van der Waals surface area contributed by atoms with Crippen LogP contribution in [-0.4, -0.2) is 20.6 Å². The standard InChI is InChI=1S/C42H38N4O/c1-28-12-10-13-29(2)41(28)45-27-38(44-23-9-8-18-40(44)45)30-14-11-15-32(24-30)47-33-19-20-35-34-16-6-7-17-36(34)46(37(35)26-33)39-25-31(21-22-43-39)42(3,4)5/h6-27,40H,1-5H3/i1D3. The summed E-state index contributed by atoms with van der Waals surface area (Å²) in [6, 6.07) is 32.4. The minimum Gasteiger partial charge on any atom is -0.457 e. The van der Waals surface area contributed by atoms with Gasteiger partial charge in [-0.2, -0.15) is 0 Å². The minimum atomic E-state index is -2.25. The molecule has 0 bridgehead atoms. The average molecular weight is 618 g/mol. The predicted molar refractivity (Wildman–Crippen MR) is 194 cm³/mol. The number of pyridine rings is 1. The molecule has 5 nitrogen and oxygen atoms in total. The van der Waals surface area contributed by atoms with Gasteiger partial charge < -0.3 is 14.5 Å². The first-order valence-electron chi connectivity index (χ1n) is 17.5. The van der Waals surface area contributed by atoms with Crippen LogP contribution in [0.5, 0.6) is 11.5 Å². The van der Waals surface area contributed by atoms with E-state index in [1.807, 2.05) is 74.1 Å². The van der Waals surface area contributed by atoms with Gasteiger partial charge in [-0.25, -0.2) is 4.98 Å². The lowest BCUT2D eigenvalue weighted by molar-refractivity contribution is 0.469. The Morgan fingerprint density at radius 2 is 1.57 bits per heavy atom. The zero-order valence-electron chi connectivity index (χ0n) is 30.0. The van der Waals surface area contributed by atoms with Crippen molar-refractivity contribution in [3.8, 4) is 17.3 Å². The zero-order valence-corrected chi connectivity index (χ0v) is 27.0. The van der Waals surface area contributed by atoms with Crippen LogP contribution in [0, 0.1) is 13.8 Å². The van der Waals surface area contributed by atoms with Crippen molar-refractivity contribution >= 4 is 33.2 Å². The van der Waals surface area contributed by atoms with Crippen LogP contribution in [0.15, 0.2) is 134 Å². The van der Waals surface area contributed by atoms with Crippen molar-refractivity contribution in [2.75, 3.05) is 4.90 Å². The largest absolute Gasteiger partial charge is 0.457 e. The quantitative estimate of drug-likeness (QED) is 0.193. The monoisotopic (exact) mass is 617 g/mol. The number of hydrogen-bond acceptors (Lipinski definition) is 4. The van der Waals surface area contributed by atoms with Gasteiger partial charge in [-0.05, 0) is 90.5 Å². The fourth-order valence-electron chi connectivity index (χ4n) is 6.76. The molecule has 6 aromatic rings. The van der Waals surface area contributed by atoms with E-state index in [4.69, 9.17) is 13.8 Å². The molecule has 0 saturated carbocycles. The molecule has 2 aliphatic heterocycles. The molecule has 0 radical (unpaired) electrons. The van der Waals surface area contributed by atoms with Crippen LogP contribution >= 0.6 is 0 Å². The summed E-state index contributed by atoms with van der Waals surface area (Å²) in [5.74, 6) is 2.28. The van der Waals surface area contributed by atoms with Gasteiger partial charge in [0, 0.05) is 50.8 Å². The van der Waals surface area contributed by atoms with E-state index < -0.39 is 6.85 Å². The summed E-state index contributed by atoms with van der Waals surface area (Å²) in [7, 11) is 0. The van der Waals surface area contributed by atoms with Crippen LogP contribution in [0.3, 0.4) is 0 Å². The van der Waals surface area contributed by atoms with E-state index in [-0.39, 0.29) is 11.6 Å². The van der Waals surface area contributed by atoms with Crippen LogP contribution in [-0.2, 0) is 5.41 Å². The number of aryl methyl sites for hydroxylation is 2. The van der Waals surface area contributed by atoms with Gasteiger partial charge in [0.25, 0.3) is 0 Å². The maximum absolute atomic E-state index is 8.25. The van der Waals surface area contributed by atoms with Crippen LogP contribution in [0.2, 0.25) is 0 Å². The van der Waals surface area contributed by atoms with Gasteiger partial charge in [0.05, 0.1) is 16.7 Å². The number of para-hydroxylation sites is 2. The summed E-state index contributed by atoms with van der Waals surface area (Å²) < 4.78 is 33.6. The van der Waals surface area contributed by atoms with Crippen molar-refractivity contribution < 1.29 is 8.85 Å². The summed E-state index contributed by atoms with van der Waals surface area (Å²) in [6.07, 6.45) is 11.9. The third-order valence-electron chi connectivity index (χ3n) is 9.10. The number of hydrogen-bond donors (Lipinski definition) is 0. The van der Waals surface area contributed by atoms with E-state index in [2.05, 4.69) is 95.8 Å². The van der Waals surface area contributed by atoms with Crippen molar-refractivity contribution in [1.82, 2.24) is 14.5 Å². The molecule has 0 spiro atoms. The number of rotatable bonds is 5. The number of nitrogens with zero attached hydrogens (tertiary/aromatic N) is 4. The molecule has 1 unspecified atom stereocenters. The Bertz CT molecular complexity index is 2380. The van der Waals surface area contributed by atoms with Crippen molar-refractivity contribution in [2.45, 2.75) is 46.1 Å². The van der Waals surface area contributed by atoms with Crippen molar-refractivity contribution in [3.63, 3.8) is 0 Å². The Labute approximate surface area is 280 Å². The first kappa shape index (κ1) is 25.6. The fraction of sp³-hybridized carbons (Fsp3) is 0.167. The predicted octanol–water partition coefficient (Wildman–Crippen LogP) is 10.4. The second-order valence-electron chi connectivity index (χ2n) is 13.3. The average Bonchev–Trinajstić information content (AvgIpc) is 3.63. The maximum atomic E-state index is 8.25. The van der Waals surface area contributed by atoms with E-state index in [1.54, 1.807) is 6.07 Å². The molecule has 0 aliphatic carbocycles. The van der Waals surface area contributed by atoms with E-state index in [0.717, 1.165) is 44.4 Å². The molecule has 0 saturated heterocycles. The Balaban J connectivity index is 1.18. The first-order chi connectivity index (χ1) is 24.0. The van der Waals surface area contributed by atoms with Crippen molar-refractivity contribution in [1.29, 1.82) is 0 Å². The van der Waals surface area contributed by atoms with Crippen LogP contribution in [0.1, 0.15) is 47.1 Å². The SMILES string of the molecule is [2H]C([2H])([2H])c1cccc(C)c1N1C=C(c2cccc(Oc3ccc4c5ccccc5n(-c5cc(C(C)(C)C)ccn5)c4c3)c2)N2C=CC=CC21. The van der Waals surface area contributed by atoms with Gasteiger partial charge in [0.2, 0.25) is 0 Å². The smallest absolute Gasteiger partial charge is 0.137 e. The Morgan fingerprint density at radius 3 is 2.45 bits per heavy atom. The van der Waals surface area contributed by atoms with Crippen molar-refractivity contribution in [2.24, 2.45) is 0 Å². The second-order valence-corrected chi connectivity index (χ2v) is 13.3. The normalized spacial score (nSPS) is 17.1. The topological polar surface area (TPSA) is 33.5 Å². The highest BCUT2D eigenvalue weighted by Gasteiger charge is 2.33. The van der Waals surface area contributed by atoms with Gasteiger partial charge in [0.15, 0.2) is 0 Å². The Hall–Kier alpha value is -5.55. The van der Waals surface area contributed by atoms with Gasteiger partial charge in [-0.3, -0.25) is 4.57 Å². The third kappa shape index (κ3) is 4.99. The lowest BCUT2D eigenvalue weighted by Crippen LogP contribution is -2.36. The van der Waals surface area contributed by atoms with Gasteiger partial charge in [-0.15, -0.1) is 0 Å². The molecule has 5 heteroatoms. The van der Waals surface area contributed by atoms with E-state index in [0.29, 0.717) is 22.7 Å². The summed E-state index contributed by atoms with van der Waals surface area (Å²) in [5, 5.41) is 2.29. The number of fused-ring (bicyclic) bond motifs is 4. The molecule has 0 N–H and O–H groups in total. The highest BCUT2D eigenvalue weighted by molar-refractivity contribution is 6.09. The zero-order chi connectivity index (χ0) is 34.8. The fourth-order valence-corrected chi connectivity index (χ4v) is 6.76. The molecule has 2 aliphatic rings. The molecule has 4 aromatic carbocycles. The van der Waals surface area contributed by atoms with Gasteiger partial charge in [0.1, 0.15) is 23.5 Å². The molecule has 47 heavy (non-hydrogen) atoms. The first-order valence-corrected chi connectivity index (χ1v) is 16.0. The lowest BCUT2D eigenvalue weighted by Gasteiger charge is -2.33. The summed E-state index contributed by atoms with van der Waals surface area (Å²) in [4.78, 5) is 9.05. The highest BCUT2D eigenvalue weighted by atomic mass is 16.5. The molecule has 2 aromatic heterocycles. The Kier molecular flexibility index (Phi) is 6.03. The number of ether oxygens (including phenoxy) is 1. The van der Waals surface area contributed by atoms with Crippen LogP contribution in [0.25, 0.3) is 33.3 Å². The number of anilines is 1. The molecule has 4 heterocycles. The lowest BCUT2D eigenvalue weighted by atomic mass is 9.88. The van der Waals surface area contributed by atoms with Gasteiger partial charge >= 0.3 is 0 Å². The third-order valence-corrected chi connectivity index (χ3v) is 9.10. The van der Waals surface area contributed by atoms with E-state index in [1.165, 1.54) is 5.56 Å². The van der Waals surface area contributed by atoms with Gasteiger partial charge in [-0.1, -0.05) is 75.4 Å². The van der Waals surface area contributed by atoms with Crippen molar-refractivity contribution in [3.05, 3.63) is 156 Å². The molecule has 0 fully saturated rings. The molecule has 1 atom stereocenters. The minimum absolute atomic E-state index is 0.0144. The van der Waals surface area contributed by atoms with Crippen LogP contribution < -0.4 is 9.64 Å². The highest BCUT2D eigenvalue weighted by Crippen LogP contribution is 2.40. The maximum Gasteiger partial charge on any atom is 0.137 e. The van der Waals surface area contributed by atoms with Crippen LogP contribution in [0.4, 0.5) is 5.69 Å². The molecule has 0 amide bonds. The Morgan fingerprint density at radius 1 is 0.766 bits per heavy atom. The molecule has 232 valence electrons. The summed E-state index contributed by atoms with van der Waals surface area (Å²) >= 11 is 0. The summed E-state index contributed by atoms with van der Waals surface area (Å²) in [6.45, 7) is 6.36. The second kappa shape index (κ2) is 11.1. The molecule has 8 rings (SSSR count). The number of benzene rings is 4. The molecular formula is C42H38N4O. The summed E-state index contributed by atoms with van der Waals surface area (Å²) in [5.41, 5.74) is 7.16. The number of aromatic nitrogens is 2. The van der Waals surface area contributed by atoms with E-state index in [9.17, 15) is 0 Å². The number of allylic oxidation sites excluding steroid dienone is 2. The molecular weight excluding hydrogens is 576 g/mol. The van der Waals surface area contributed by atoms with E-state index >= 15 is 0 Å².